The highest BCUT2D eigenvalue weighted by atomic mass is 16.5. The van der Waals surface area contributed by atoms with Crippen molar-refractivity contribution in [2.75, 3.05) is 18.5 Å². The van der Waals surface area contributed by atoms with Crippen molar-refractivity contribution in [2.45, 2.75) is 64.0 Å². The largest absolute Gasteiger partial charge is 0.373 e. The van der Waals surface area contributed by atoms with Crippen LogP contribution in [0.25, 0.3) is 0 Å². The number of anilines is 1. The third-order valence-electron chi connectivity index (χ3n) is 5.45. The zero-order chi connectivity index (χ0) is 18.0. The number of aromatic nitrogens is 4. The zero-order valence-electron chi connectivity index (χ0n) is 15.4. The van der Waals surface area contributed by atoms with Crippen LogP contribution in [0.4, 0.5) is 5.95 Å². The molecule has 0 radical (unpaired) electrons. The Bertz CT molecular complexity index is 820. The standard InChI is InChI=1S/C19H27N5O2/c1-19(8-4-10-26-19)13-20-18-22-15(11-17(25)23-18)7-9-24-16-6-3-2-5-14(16)12-21-24/h11-12H,2-10,13H2,1H3,(H2,20,22,23,25). The average Bonchev–Trinajstić information content (AvgIpc) is 3.25. The van der Waals surface area contributed by atoms with E-state index in [1.807, 2.05) is 6.20 Å². The van der Waals surface area contributed by atoms with Crippen LogP contribution in [0.1, 0.15) is 49.6 Å². The molecule has 26 heavy (non-hydrogen) atoms. The van der Waals surface area contributed by atoms with E-state index in [-0.39, 0.29) is 11.2 Å². The number of H-pyrrole nitrogens is 1. The van der Waals surface area contributed by atoms with Crippen molar-refractivity contribution in [1.82, 2.24) is 19.7 Å². The first kappa shape index (κ1) is 17.3. The molecule has 2 aromatic rings. The molecule has 7 heteroatoms. The minimum Gasteiger partial charge on any atom is -0.373 e. The Morgan fingerprint density at radius 3 is 3.08 bits per heavy atom. The topological polar surface area (TPSA) is 84.8 Å². The van der Waals surface area contributed by atoms with Gasteiger partial charge in [0.15, 0.2) is 0 Å². The van der Waals surface area contributed by atoms with Crippen LogP contribution >= 0.6 is 0 Å². The summed E-state index contributed by atoms with van der Waals surface area (Å²) in [4.78, 5) is 19.3. The van der Waals surface area contributed by atoms with Gasteiger partial charge < -0.3 is 10.1 Å². The Kier molecular flexibility index (Phi) is 4.80. The summed E-state index contributed by atoms with van der Waals surface area (Å²) in [5.74, 6) is 0.520. The molecule has 3 heterocycles. The SMILES string of the molecule is CC1(CNc2nc(CCn3ncc4c3CCCC4)cc(=O)[nH]2)CCCO1. The van der Waals surface area contributed by atoms with Crippen LogP contribution in [0.5, 0.6) is 0 Å². The van der Waals surface area contributed by atoms with Crippen LogP contribution in [0.2, 0.25) is 0 Å². The van der Waals surface area contributed by atoms with Gasteiger partial charge in [-0.05, 0) is 51.0 Å². The smallest absolute Gasteiger partial charge is 0.252 e. The first-order chi connectivity index (χ1) is 12.6. The Hall–Kier alpha value is -2.15. The van der Waals surface area contributed by atoms with Gasteiger partial charge >= 0.3 is 0 Å². The van der Waals surface area contributed by atoms with E-state index in [1.54, 1.807) is 6.07 Å². The molecule has 0 spiro atoms. The summed E-state index contributed by atoms with van der Waals surface area (Å²) in [5.41, 5.74) is 3.21. The Balaban J connectivity index is 1.41. The van der Waals surface area contributed by atoms with Crippen LogP contribution < -0.4 is 10.9 Å². The highest BCUT2D eigenvalue weighted by molar-refractivity contribution is 5.26. The average molecular weight is 357 g/mol. The number of ether oxygens (including phenoxy) is 1. The van der Waals surface area contributed by atoms with Crippen LogP contribution in [0.3, 0.4) is 0 Å². The molecule has 4 rings (SSSR count). The van der Waals surface area contributed by atoms with Gasteiger partial charge in [0.05, 0.1) is 17.5 Å². The lowest BCUT2D eigenvalue weighted by atomic mass is 9.98. The van der Waals surface area contributed by atoms with Gasteiger partial charge in [-0.25, -0.2) is 4.98 Å². The molecule has 0 saturated carbocycles. The van der Waals surface area contributed by atoms with Crippen molar-refractivity contribution >= 4 is 5.95 Å². The second kappa shape index (κ2) is 7.23. The van der Waals surface area contributed by atoms with Gasteiger partial charge in [0, 0.05) is 37.9 Å². The summed E-state index contributed by atoms with van der Waals surface area (Å²) in [5, 5.41) is 7.76. The molecule has 2 N–H and O–H groups in total. The predicted molar refractivity (Wildman–Crippen MR) is 99.5 cm³/mol. The summed E-state index contributed by atoms with van der Waals surface area (Å²) >= 11 is 0. The van der Waals surface area contributed by atoms with E-state index in [4.69, 9.17) is 4.74 Å². The molecule has 1 unspecified atom stereocenters. The lowest BCUT2D eigenvalue weighted by molar-refractivity contribution is 0.0314. The first-order valence-corrected chi connectivity index (χ1v) is 9.63. The van der Waals surface area contributed by atoms with Gasteiger partial charge in [0.1, 0.15) is 0 Å². The lowest BCUT2D eigenvalue weighted by Crippen LogP contribution is -2.33. The molecule has 1 saturated heterocycles. The molecule has 7 nitrogen and oxygen atoms in total. The molecule has 2 aliphatic rings. The second-order valence-corrected chi connectivity index (χ2v) is 7.64. The molecule has 140 valence electrons. The molecular weight excluding hydrogens is 330 g/mol. The van der Waals surface area contributed by atoms with E-state index in [0.717, 1.165) is 44.5 Å². The van der Waals surface area contributed by atoms with Gasteiger partial charge in [0.2, 0.25) is 5.95 Å². The van der Waals surface area contributed by atoms with Crippen LogP contribution in [-0.2, 0) is 30.5 Å². The number of hydrogen-bond donors (Lipinski definition) is 2. The van der Waals surface area contributed by atoms with Gasteiger partial charge in [0.25, 0.3) is 5.56 Å². The minimum atomic E-state index is -0.178. The number of aryl methyl sites for hydroxylation is 3. The molecular formula is C19H27N5O2. The highest BCUT2D eigenvalue weighted by Crippen LogP contribution is 2.25. The number of aromatic amines is 1. The first-order valence-electron chi connectivity index (χ1n) is 9.63. The second-order valence-electron chi connectivity index (χ2n) is 7.64. The van der Waals surface area contributed by atoms with Crippen LogP contribution in [-0.4, -0.2) is 38.5 Å². The Morgan fingerprint density at radius 1 is 1.35 bits per heavy atom. The van der Waals surface area contributed by atoms with Crippen molar-refractivity contribution < 1.29 is 4.74 Å². The monoisotopic (exact) mass is 357 g/mol. The van der Waals surface area contributed by atoms with E-state index in [2.05, 4.69) is 32.0 Å². The van der Waals surface area contributed by atoms with E-state index in [9.17, 15) is 4.79 Å². The van der Waals surface area contributed by atoms with Crippen molar-refractivity contribution in [3.05, 3.63) is 39.6 Å². The van der Waals surface area contributed by atoms with Gasteiger partial charge in [-0.1, -0.05) is 0 Å². The highest BCUT2D eigenvalue weighted by Gasteiger charge is 2.29. The van der Waals surface area contributed by atoms with Gasteiger partial charge in [-0.15, -0.1) is 0 Å². The molecule has 0 amide bonds. The van der Waals surface area contributed by atoms with Crippen molar-refractivity contribution in [2.24, 2.45) is 0 Å². The fourth-order valence-electron chi connectivity index (χ4n) is 3.94. The quantitative estimate of drug-likeness (QED) is 0.827. The fourth-order valence-corrected chi connectivity index (χ4v) is 3.94. The molecule has 1 atom stereocenters. The van der Waals surface area contributed by atoms with Crippen LogP contribution in [0, 0.1) is 0 Å². The van der Waals surface area contributed by atoms with E-state index >= 15 is 0 Å². The third kappa shape index (κ3) is 3.82. The van der Waals surface area contributed by atoms with Crippen molar-refractivity contribution in [3.63, 3.8) is 0 Å². The number of hydrogen-bond acceptors (Lipinski definition) is 5. The van der Waals surface area contributed by atoms with Gasteiger partial charge in [-0.2, -0.15) is 5.10 Å². The lowest BCUT2D eigenvalue weighted by Gasteiger charge is -2.23. The van der Waals surface area contributed by atoms with Crippen molar-refractivity contribution in [1.29, 1.82) is 0 Å². The van der Waals surface area contributed by atoms with E-state index < -0.39 is 0 Å². The maximum atomic E-state index is 12.0. The Labute approximate surface area is 153 Å². The summed E-state index contributed by atoms with van der Waals surface area (Å²) in [6.07, 6.45) is 9.51. The number of fused-ring (bicyclic) bond motifs is 1. The third-order valence-corrected chi connectivity index (χ3v) is 5.45. The number of rotatable bonds is 6. The normalized spacial score (nSPS) is 22.3. The zero-order valence-corrected chi connectivity index (χ0v) is 15.4. The molecule has 1 fully saturated rings. The molecule has 0 aromatic carbocycles. The fraction of sp³-hybridized carbons (Fsp3) is 0.632. The molecule has 0 bridgehead atoms. The summed E-state index contributed by atoms with van der Waals surface area (Å²) in [7, 11) is 0. The Morgan fingerprint density at radius 2 is 2.23 bits per heavy atom. The molecule has 1 aliphatic heterocycles. The summed E-state index contributed by atoms with van der Waals surface area (Å²) < 4.78 is 7.86. The minimum absolute atomic E-state index is 0.127. The summed E-state index contributed by atoms with van der Waals surface area (Å²) in [6, 6.07) is 1.58. The molecule has 1 aliphatic carbocycles. The van der Waals surface area contributed by atoms with E-state index in [0.29, 0.717) is 18.9 Å². The molecule has 2 aromatic heterocycles. The number of nitrogens with one attached hydrogen (secondary N) is 2. The van der Waals surface area contributed by atoms with E-state index in [1.165, 1.54) is 24.1 Å². The predicted octanol–water partition coefficient (Wildman–Crippen LogP) is 2.07. The summed E-state index contributed by atoms with van der Waals surface area (Å²) in [6.45, 7) is 4.30. The maximum absolute atomic E-state index is 12.0. The van der Waals surface area contributed by atoms with Gasteiger partial charge in [-0.3, -0.25) is 14.5 Å². The number of nitrogens with zero attached hydrogens (tertiary/aromatic N) is 3. The van der Waals surface area contributed by atoms with Crippen molar-refractivity contribution in [3.8, 4) is 0 Å². The van der Waals surface area contributed by atoms with Crippen LogP contribution in [0.15, 0.2) is 17.1 Å². The maximum Gasteiger partial charge on any atom is 0.252 e.